The molecule has 8 unspecified atom stereocenters. The highest BCUT2D eigenvalue weighted by atomic mass is 16.7. The van der Waals surface area contributed by atoms with Gasteiger partial charge in [-0.2, -0.15) is 0 Å². The first-order chi connectivity index (χ1) is 30.8. The first kappa shape index (κ1) is 45.2. The lowest BCUT2D eigenvalue weighted by atomic mass is 9.75. The number of carbonyl (C=O) groups is 4. The van der Waals surface area contributed by atoms with Crippen molar-refractivity contribution in [1.29, 1.82) is 0 Å². The molecule has 4 fully saturated rings. The Balaban J connectivity index is 1.01. The molecule has 12 nitrogen and oxygen atoms in total. The van der Waals surface area contributed by atoms with E-state index in [1.54, 1.807) is 0 Å². The van der Waals surface area contributed by atoms with Gasteiger partial charge >= 0.3 is 6.09 Å². The van der Waals surface area contributed by atoms with Crippen molar-refractivity contribution >= 4 is 23.8 Å². The van der Waals surface area contributed by atoms with E-state index in [2.05, 4.69) is 28.5 Å². The maximum Gasteiger partial charge on any atom is 0.408 e. The molecule has 0 spiro atoms. The molecule has 0 aromatic heterocycles. The predicted molar refractivity (Wildman–Crippen MR) is 242 cm³/mol. The third-order valence-corrected chi connectivity index (χ3v) is 13.3. The van der Waals surface area contributed by atoms with Gasteiger partial charge in [0.15, 0.2) is 6.29 Å². The van der Waals surface area contributed by atoms with Crippen molar-refractivity contribution in [1.82, 2.24) is 20.4 Å². The quantitative estimate of drug-likeness (QED) is 0.120. The van der Waals surface area contributed by atoms with Crippen LogP contribution in [0.15, 0.2) is 103 Å². The van der Waals surface area contributed by atoms with Crippen molar-refractivity contribution < 1.29 is 38.5 Å². The molecule has 12 heteroatoms. The molecule has 64 heavy (non-hydrogen) atoms. The monoisotopic (exact) mass is 870 g/mol. The minimum Gasteiger partial charge on any atom is -0.445 e. The molecule has 4 amide bonds. The number of piperidine rings is 1. The van der Waals surface area contributed by atoms with Crippen molar-refractivity contribution in [3.63, 3.8) is 0 Å². The van der Waals surface area contributed by atoms with Crippen LogP contribution in [0.1, 0.15) is 113 Å². The molecule has 338 valence electrons. The average molecular weight is 871 g/mol. The number of aliphatic hydroxyl groups excluding tert-OH is 1. The minimum absolute atomic E-state index is 0.0480. The first-order valence-corrected chi connectivity index (χ1v) is 22.9. The summed E-state index contributed by atoms with van der Waals surface area (Å²) in [4.78, 5) is 56.7. The third-order valence-electron chi connectivity index (χ3n) is 13.3. The summed E-state index contributed by atoms with van der Waals surface area (Å²) < 4.78 is 19.2. The van der Waals surface area contributed by atoms with Crippen LogP contribution in [0.4, 0.5) is 4.79 Å². The molecule has 3 heterocycles. The number of hydrogen-bond acceptors (Lipinski definition) is 9. The molecule has 3 aliphatic heterocycles. The Morgan fingerprint density at radius 3 is 2.27 bits per heavy atom. The maximum absolute atomic E-state index is 14.0. The highest BCUT2D eigenvalue weighted by molar-refractivity contribution is 6.06. The van der Waals surface area contributed by atoms with Crippen LogP contribution < -0.4 is 10.6 Å². The zero-order valence-corrected chi connectivity index (χ0v) is 37.4. The van der Waals surface area contributed by atoms with E-state index >= 15 is 0 Å². The molecule has 3 N–H and O–H groups in total. The number of hydrogen-bond donors (Lipinski definition) is 3. The Kier molecular flexibility index (Phi) is 14.0. The van der Waals surface area contributed by atoms with Crippen molar-refractivity contribution in [3.8, 4) is 11.1 Å². The molecule has 0 bridgehead atoms. The fraction of sp³-hybridized carbons (Fsp3) is 0.462. The van der Waals surface area contributed by atoms with Crippen LogP contribution in [0.3, 0.4) is 0 Å². The van der Waals surface area contributed by atoms with Crippen LogP contribution in [0.5, 0.6) is 0 Å². The number of benzene rings is 4. The van der Waals surface area contributed by atoms with Crippen molar-refractivity contribution in [2.45, 2.75) is 135 Å². The van der Waals surface area contributed by atoms with Gasteiger partial charge in [-0.1, -0.05) is 111 Å². The number of amides is 4. The Bertz CT molecular complexity index is 2280. The highest BCUT2D eigenvalue weighted by Crippen LogP contribution is 2.45. The van der Waals surface area contributed by atoms with Crippen LogP contribution in [0.25, 0.3) is 11.1 Å². The molecule has 8 rings (SSSR count). The number of alkyl carbamates (subject to hydrolysis) is 1. The Hall–Kier alpha value is -5.40. The molecular formula is C52H62N4O8. The summed E-state index contributed by atoms with van der Waals surface area (Å²) in [6.07, 6.45) is 4.30. The number of likely N-dealkylation sites (tertiary alicyclic amines) is 2. The second kappa shape index (κ2) is 19.8. The zero-order chi connectivity index (χ0) is 45.0. The maximum atomic E-state index is 14.0. The second-order valence-corrected chi connectivity index (χ2v) is 19.1. The lowest BCUT2D eigenvalue weighted by molar-refractivity contribution is -0.278. The largest absolute Gasteiger partial charge is 0.445 e. The smallest absolute Gasteiger partial charge is 0.408 e. The molecule has 8 atom stereocenters. The van der Waals surface area contributed by atoms with Gasteiger partial charge in [-0.3, -0.25) is 24.2 Å². The predicted octanol–water partition coefficient (Wildman–Crippen LogP) is 8.13. The fourth-order valence-electron chi connectivity index (χ4n) is 10.0. The number of aliphatic hydroxyl groups is 1. The number of imide groups is 1. The van der Waals surface area contributed by atoms with E-state index in [1.807, 2.05) is 118 Å². The SMILES string of the molecule is CC1C(CN2C(C(=O)NC(C)(C)C)CCC3CCCCC32)OC(c2cccc(-c3cccc(CN4C(=O)CC(NC(=O)OCc5ccccc5)C4=O)c3)c2)OC1c1ccc(CO)cc1. The first-order valence-electron chi connectivity index (χ1n) is 22.9. The number of ether oxygens (including phenoxy) is 3. The van der Waals surface area contributed by atoms with E-state index in [1.165, 1.54) is 17.7 Å². The molecule has 1 saturated carbocycles. The zero-order valence-electron chi connectivity index (χ0n) is 37.4. The van der Waals surface area contributed by atoms with Gasteiger partial charge in [0.2, 0.25) is 11.8 Å². The Morgan fingerprint density at radius 1 is 0.797 bits per heavy atom. The van der Waals surface area contributed by atoms with Crippen molar-refractivity contribution in [3.05, 3.63) is 131 Å². The molecule has 4 aromatic rings. The molecule has 3 saturated heterocycles. The van der Waals surface area contributed by atoms with Gasteiger partial charge in [0.1, 0.15) is 12.6 Å². The van der Waals surface area contributed by atoms with Gasteiger partial charge in [0.05, 0.1) is 37.8 Å². The molecule has 1 aliphatic carbocycles. The minimum atomic E-state index is -1.00. The van der Waals surface area contributed by atoms with E-state index in [9.17, 15) is 24.3 Å². The van der Waals surface area contributed by atoms with E-state index in [4.69, 9.17) is 14.2 Å². The normalized spacial score (nSPS) is 26.3. The highest BCUT2D eigenvalue weighted by Gasteiger charge is 2.46. The number of nitrogens with one attached hydrogen (secondary N) is 2. The summed E-state index contributed by atoms with van der Waals surface area (Å²) in [6.45, 7) is 8.92. The molecule has 0 radical (unpaired) electrons. The van der Waals surface area contributed by atoms with Gasteiger partial charge in [-0.15, -0.1) is 0 Å². The molecule has 4 aliphatic rings. The van der Waals surface area contributed by atoms with Crippen LogP contribution in [-0.4, -0.2) is 75.0 Å². The van der Waals surface area contributed by atoms with Crippen LogP contribution in [0.2, 0.25) is 0 Å². The summed E-state index contributed by atoms with van der Waals surface area (Å²) >= 11 is 0. The van der Waals surface area contributed by atoms with Crippen molar-refractivity contribution in [2.24, 2.45) is 11.8 Å². The molecular weight excluding hydrogens is 809 g/mol. The number of carbonyl (C=O) groups excluding carboxylic acids is 4. The fourth-order valence-corrected chi connectivity index (χ4v) is 10.0. The lowest BCUT2D eigenvalue weighted by Gasteiger charge is -2.51. The second-order valence-electron chi connectivity index (χ2n) is 19.1. The van der Waals surface area contributed by atoms with Crippen LogP contribution >= 0.6 is 0 Å². The molecule has 4 aromatic carbocycles. The van der Waals surface area contributed by atoms with Crippen LogP contribution in [-0.2, 0) is 48.4 Å². The van der Waals surface area contributed by atoms with Gasteiger partial charge in [-0.25, -0.2) is 4.79 Å². The third kappa shape index (κ3) is 10.6. The van der Waals surface area contributed by atoms with E-state index < -0.39 is 24.3 Å². The number of fused-ring (bicyclic) bond motifs is 1. The van der Waals surface area contributed by atoms with Gasteiger partial charge in [0, 0.05) is 29.6 Å². The lowest BCUT2D eigenvalue weighted by Crippen LogP contribution is -2.61. The Morgan fingerprint density at radius 2 is 1.52 bits per heavy atom. The Labute approximate surface area is 376 Å². The summed E-state index contributed by atoms with van der Waals surface area (Å²) in [5.74, 6) is -0.271. The van der Waals surface area contributed by atoms with Gasteiger partial charge in [0.25, 0.3) is 5.91 Å². The topological polar surface area (TPSA) is 147 Å². The summed E-state index contributed by atoms with van der Waals surface area (Å²) in [7, 11) is 0. The number of rotatable bonds is 12. The van der Waals surface area contributed by atoms with Crippen molar-refractivity contribution in [2.75, 3.05) is 6.54 Å². The standard InChI is InChI=1S/C52H62N4O8/c1-33-45(30-55-43-19-9-8-15-37(43)24-25-44(55)48(59)54-52(2,3)4)63-50(64-47(33)38-22-20-34(31-57)21-23-38)41-18-11-17-40(27-41)39-16-10-14-36(26-39)29-56-46(58)28-42(49(56)60)53-51(61)62-32-35-12-6-5-7-13-35/h5-7,10-14,16-18,20-23,26-27,33,37,42-45,47,50,57H,8-9,15,19,24-25,28-32H2,1-4H3,(H,53,61)(H,54,59). The number of nitrogens with zero attached hydrogens (tertiary/aromatic N) is 2. The van der Waals surface area contributed by atoms with Gasteiger partial charge in [-0.05, 0) is 97.9 Å². The van der Waals surface area contributed by atoms with Gasteiger partial charge < -0.3 is 30.0 Å². The average Bonchev–Trinajstić information content (AvgIpc) is 3.55. The van der Waals surface area contributed by atoms with E-state index in [0.29, 0.717) is 18.5 Å². The summed E-state index contributed by atoms with van der Waals surface area (Å²) in [6, 6.07) is 32.0. The van der Waals surface area contributed by atoms with E-state index in [-0.39, 0.29) is 67.7 Å². The summed E-state index contributed by atoms with van der Waals surface area (Å²) in [5, 5.41) is 15.7. The van der Waals surface area contributed by atoms with Crippen LogP contribution in [0, 0.1) is 11.8 Å². The van der Waals surface area contributed by atoms with E-state index in [0.717, 1.165) is 64.6 Å². The summed E-state index contributed by atoms with van der Waals surface area (Å²) in [5.41, 5.74) is 5.68.